The van der Waals surface area contributed by atoms with Gasteiger partial charge >= 0.3 is 4.87 Å². The van der Waals surface area contributed by atoms with Crippen LogP contribution in [-0.4, -0.2) is 23.3 Å². The topological polar surface area (TPSA) is 80.8 Å². The van der Waals surface area contributed by atoms with Crippen molar-refractivity contribution in [2.75, 3.05) is 13.2 Å². The van der Waals surface area contributed by atoms with E-state index in [1.807, 2.05) is 48.5 Å². The summed E-state index contributed by atoms with van der Waals surface area (Å²) in [6, 6.07) is 19.7. The van der Waals surface area contributed by atoms with Crippen LogP contribution in [0.3, 0.4) is 0 Å². The van der Waals surface area contributed by atoms with Gasteiger partial charge in [0, 0.05) is 12.0 Å². The Hall–Kier alpha value is -3.78. The fraction of sp³-hybridized carbons (Fsp3) is 0.222. The Labute approximate surface area is 206 Å². The Morgan fingerprint density at radius 3 is 2.37 bits per heavy atom. The molecular formula is C27H26FNO5S. The Kier molecular flexibility index (Phi) is 8.05. The molecule has 2 N–H and O–H groups in total. The van der Waals surface area contributed by atoms with Gasteiger partial charge in [-0.3, -0.25) is 9.78 Å². The molecule has 0 saturated heterocycles. The lowest BCUT2D eigenvalue weighted by atomic mass is 10.1. The van der Waals surface area contributed by atoms with Gasteiger partial charge in [0.25, 0.3) is 0 Å². The fourth-order valence-corrected chi connectivity index (χ4v) is 4.27. The molecule has 0 aliphatic carbocycles. The monoisotopic (exact) mass is 495 g/mol. The van der Waals surface area contributed by atoms with E-state index in [1.165, 1.54) is 12.1 Å². The van der Waals surface area contributed by atoms with Gasteiger partial charge in [-0.25, -0.2) is 4.39 Å². The lowest BCUT2D eigenvalue weighted by Gasteiger charge is -2.14. The average Bonchev–Trinajstić information content (AvgIpc) is 3.19. The summed E-state index contributed by atoms with van der Waals surface area (Å²) in [4.78, 5) is 13.5. The molecule has 182 valence electrons. The molecule has 3 aromatic carbocycles. The minimum Gasteiger partial charge on any atom is -0.493 e. The van der Waals surface area contributed by atoms with Gasteiger partial charge < -0.3 is 19.3 Å². The molecule has 8 heteroatoms. The highest BCUT2D eigenvalue weighted by atomic mass is 32.1. The Morgan fingerprint density at radius 2 is 1.69 bits per heavy atom. The number of rotatable bonds is 11. The molecule has 4 aromatic rings. The van der Waals surface area contributed by atoms with Crippen molar-refractivity contribution in [3.8, 4) is 39.3 Å². The summed E-state index contributed by atoms with van der Waals surface area (Å²) in [7, 11) is 0. The number of halogens is 1. The molecule has 0 bridgehead atoms. The molecule has 0 atom stereocenters. The summed E-state index contributed by atoms with van der Waals surface area (Å²) in [5, 5.41) is 9.75. The molecular weight excluding hydrogens is 469 g/mol. The Morgan fingerprint density at radius 1 is 0.943 bits per heavy atom. The van der Waals surface area contributed by atoms with E-state index in [2.05, 4.69) is 11.9 Å². The molecule has 35 heavy (non-hydrogen) atoms. The van der Waals surface area contributed by atoms with E-state index < -0.39 is 10.7 Å². The van der Waals surface area contributed by atoms with E-state index in [1.54, 1.807) is 6.07 Å². The van der Waals surface area contributed by atoms with Crippen molar-refractivity contribution in [2.45, 2.75) is 26.2 Å². The smallest absolute Gasteiger partial charge is 0.307 e. The second-order valence-corrected chi connectivity index (χ2v) is 8.81. The summed E-state index contributed by atoms with van der Waals surface area (Å²) in [5.74, 6) is 1.60. The van der Waals surface area contributed by atoms with Gasteiger partial charge in [-0.15, -0.1) is 0 Å². The van der Waals surface area contributed by atoms with Crippen molar-refractivity contribution >= 4 is 11.3 Å². The maximum absolute atomic E-state index is 14.4. The summed E-state index contributed by atoms with van der Waals surface area (Å²) >= 11 is 0.817. The zero-order valence-electron chi connectivity index (χ0n) is 19.3. The molecule has 0 aliphatic rings. The zero-order chi connectivity index (χ0) is 24.6. The van der Waals surface area contributed by atoms with Crippen LogP contribution in [0.15, 0.2) is 71.5 Å². The maximum atomic E-state index is 14.4. The van der Waals surface area contributed by atoms with Crippen molar-refractivity contribution in [3.63, 3.8) is 0 Å². The quantitative estimate of drug-likeness (QED) is 0.231. The second-order valence-electron chi connectivity index (χ2n) is 7.82. The van der Waals surface area contributed by atoms with Crippen molar-refractivity contribution < 1.29 is 23.7 Å². The van der Waals surface area contributed by atoms with Gasteiger partial charge in [-0.1, -0.05) is 42.9 Å². The van der Waals surface area contributed by atoms with Gasteiger partial charge in [0.1, 0.15) is 17.2 Å². The van der Waals surface area contributed by atoms with Crippen LogP contribution in [0.2, 0.25) is 0 Å². The van der Waals surface area contributed by atoms with Gasteiger partial charge in [-0.05, 0) is 60.5 Å². The van der Waals surface area contributed by atoms with Gasteiger partial charge in [-0.2, -0.15) is 0 Å². The van der Waals surface area contributed by atoms with E-state index in [0.29, 0.717) is 18.6 Å². The third-order valence-electron chi connectivity index (χ3n) is 5.16. The van der Waals surface area contributed by atoms with Crippen LogP contribution < -0.4 is 19.1 Å². The number of thiazole rings is 1. The van der Waals surface area contributed by atoms with Crippen molar-refractivity contribution in [3.05, 3.63) is 87.8 Å². The first-order valence-electron chi connectivity index (χ1n) is 11.4. The van der Waals surface area contributed by atoms with Crippen LogP contribution in [0.1, 0.15) is 25.3 Å². The van der Waals surface area contributed by atoms with Crippen molar-refractivity contribution in [1.82, 2.24) is 4.98 Å². The molecule has 6 nitrogen and oxygen atoms in total. The highest BCUT2D eigenvalue weighted by molar-refractivity contribution is 7.13. The predicted octanol–water partition coefficient (Wildman–Crippen LogP) is 6.54. The van der Waals surface area contributed by atoms with E-state index in [9.17, 15) is 14.3 Å². The van der Waals surface area contributed by atoms with E-state index >= 15 is 0 Å². The second kappa shape index (κ2) is 11.6. The number of aromatic nitrogens is 1. The third kappa shape index (κ3) is 6.42. The molecule has 1 aromatic heterocycles. The third-order valence-corrected chi connectivity index (χ3v) is 6.08. The number of aromatic amines is 1. The van der Waals surface area contributed by atoms with Crippen molar-refractivity contribution in [2.24, 2.45) is 0 Å². The maximum Gasteiger partial charge on any atom is 0.307 e. The number of nitrogens with one attached hydrogen (secondary N) is 1. The molecule has 0 saturated carbocycles. The van der Waals surface area contributed by atoms with Gasteiger partial charge in [0.2, 0.25) is 5.88 Å². The van der Waals surface area contributed by atoms with E-state index in [4.69, 9.17) is 14.2 Å². The summed E-state index contributed by atoms with van der Waals surface area (Å²) < 4.78 is 31.9. The molecule has 0 fully saturated rings. The van der Waals surface area contributed by atoms with Crippen LogP contribution in [0, 0.1) is 5.82 Å². The summed E-state index contributed by atoms with van der Waals surface area (Å²) in [6.07, 6.45) is 2.40. The van der Waals surface area contributed by atoms with Crippen LogP contribution >= 0.6 is 11.3 Å². The highest BCUT2D eigenvalue weighted by Gasteiger charge is 2.13. The van der Waals surface area contributed by atoms with Gasteiger partial charge in [0.05, 0.1) is 18.1 Å². The largest absolute Gasteiger partial charge is 0.493 e. The summed E-state index contributed by atoms with van der Waals surface area (Å²) in [6.45, 7) is 2.80. The fourth-order valence-electron chi connectivity index (χ4n) is 3.55. The number of hydrogen-bond donors (Lipinski definition) is 2. The molecule has 4 rings (SSSR count). The lowest BCUT2D eigenvalue weighted by molar-refractivity contribution is 0.240. The highest BCUT2D eigenvalue weighted by Crippen LogP contribution is 2.33. The molecule has 0 unspecified atom stereocenters. The number of para-hydroxylation sites is 1. The first-order valence-corrected chi connectivity index (χ1v) is 12.2. The number of benzene rings is 3. The first kappa shape index (κ1) is 24.3. The SMILES string of the molecule is CCCc1cc(Oc2ccccc2)ccc1OCCCOc1ccc(-c2sc(=O)[nH]c2O)cc1F. The Balaban J connectivity index is 1.30. The van der Waals surface area contributed by atoms with Crippen molar-refractivity contribution in [1.29, 1.82) is 0 Å². The lowest BCUT2D eigenvalue weighted by Crippen LogP contribution is -2.07. The van der Waals surface area contributed by atoms with E-state index in [-0.39, 0.29) is 23.1 Å². The van der Waals surface area contributed by atoms with Gasteiger partial charge in [0.15, 0.2) is 11.6 Å². The number of aromatic hydroxyl groups is 1. The molecule has 1 heterocycles. The van der Waals surface area contributed by atoms with Crippen LogP contribution in [-0.2, 0) is 6.42 Å². The average molecular weight is 496 g/mol. The molecule has 0 aliphatic heterocycles. The first-order chi connectivity index (χ1) is 17.0. The standard InChI is InChI=1S/C27H26FNO5S/c1-2-7-18-16-21(34-20-8-4-3-5-9-20)11-13-23(18)32-14-6-15-33-24-12-10-19(17-22(24)28)25-26(30)29-27(31)35-25/h3-5,8-13,16-17,30H,2,6-7,14-15H2,1H3,(H,29,31). The molecule has 0 spiro atoms. The number of ether oxygens (including phenoxy) is 3. The van der Waals surface area contributed by atoms with Crippen LogP contribution in [0.5, 0.6) is 28.9 Å². The minimum atomic E-state index is -0.567. The number of hydrogen-bond acceptors (Lipinski definition) is 6. The molecule has 0 amide bonds. The Bertz CT molecular complexity index is 1320. The number of aryl methyl sites for hydroxylation is 1. The number of H-pyrrole nitrogens is 1. The summed E-state index contributed by atoms with van der Waals surface area (Å²) in [5.41, 5.74) is 1.47. The normalized spacial score (nSPS) is 10.8. The van der Waals surface area contributed by atoms with Crippen LogP contribution in [0.4, 0.5) is 4.39 Å². The minimum absolute atomic E-state index is 0.102. The predicted molar refractivity (Wildman–Crippen MR) is 135 cm³/mol. The van der Waals surface area contributed by atoms with E-state index in [0.717, 1.165) is 47.0 Å². The molecule has 0 radical (unpaired) electrons. The van der Waals surface area contributed by atoms with Crippen LogP contribution in [0.25, 0.3) is 10.4 Å². The zero-order valence-corrected chi connectivity index (χ0v) is 20.1.